The molecule has 3 rings (SSSR count). The van der Waals surface area contributed by atoms with Gasteiger partial charge in [0.15, 0.2) is 6.29 Å². The number of aliphatic hydroxyl groups is 7. The van der Waals surface area contributed by atoms with Gasteiger partial charge in [0, 0.05) is 14.1 Å². The molecule has 2 saturated heterocycles. The summed E-state index contributed by atoms with van der Waals surface area (Å²) in [5.74, 6) is -0.815. The van der Waals surface area contributed by atoms with Crippen molar-refractivity contribution in [2.75, 3.05) is 13.2 Å². The first-order valence-corrected chi connectivity index (χ1v) is 10.0. The van der Waals surface area contributed by atoms with Crippen LogP contribution in [0.1, 0.15) is 11.7 Å². The van der Waals surface area contributed by atoms with Gasteiger partial charge in [0.25, 0.3) is 5.56 Å². The number of ether oxygens (including phenoxy) is 3. The molecule has 0 radical (unpaired) electrons. The molecule has 3 heterocycles. The van der Waals surface area contributed by atoms with Gasteiger partial charge in [0.2, 0.25) is 5.88 Å². The molecule has 188 valence electrons. The fourth-order valence-electron chi connectivity index (χ4n) is 3.94. The Morgan fingerprint density at radius 1 is 0.818 bits per heavy atom. The summed E-state index contributed by atoms with van der Waals surface area (Å²) in [7, 11) is 2.30. The molecule has 0 aromatic carbocycles. The highest BCUT2D eigenvalue weighted by molar-refractivity contribution is 5.28. The van der Waals surface area contributed by atoms with Crippen molar-refractivity contribution in [3.05, 3.63) is 26.4 Å². The van der Waals surface area contributed by atoms with Gasteiger partial charge in [-0.15, -0.1) is 0 Å². The predicted molar refractivity (Wildman–Crippen MR) is 104 cm³/mol. The lowest BCUT2D eigenvalue weighted by Gasteiger charge is -2.46. The first kappa shape index (κ1) is 25.7. The highest BCUT2D eigenvalue weighted by Crippen LogP contribution is 2.36. The maximum atomic E-state index is 12.6. The minimum absolute atomic E-state index is 0.545. The Hall–Kier alpha value is -1.92. The molecule has 0 aliphatic carbocycles. The average molecular weight is 480 g/mol. The zero-order chi connectivity index (χ0) is 24.8. The van der Waals surface area contributed by atoms with Crippen molar-refractivity contribution < 1.29 is 55.1 Å². The van der Waals surface area contributed by atoms with Crippen LogP contribution in [0.15, 0.2) is 9.59 Å². The summed E-state index contributed by atoms with van der Waals surface area (Å²) in [4.78, 5) is 24.6. The van der Waals surface area contributed by atoms with Crippen LogP contribution in [0.2, 0.25) is 0 Å². The summed E-state index contributed by atoms with van der Waals surface area (Å²) in [6, 6.07) is 0. The normalized spacial score (nSPS) is 39.5. The standard InChI is InChI=1S/C18H28N2O13/c1-19-15(28)7(16(29)20(2)18(19)30)14-11(26)10(25)13(6(4-22)31-14)33-17-12(27)9(24)8(23)5(3-21)32-17/h5-6,8-14,17,21-28H,3-4H2,1-2H3/t5-,6-,8+,9+,10-,11-,12-,13-,14?,17+/m1/s1. The van der Waals surface area contributed by atoms with E-state index in [1.165, 1.54) is 7.05 Å². The van der Waals surface area contributed by atoms with Crippen LogP contribution in [0.25, 0.3) is 0 Å². The number of aromatic hydroxyl groups is 1. The van der Waals surface area contributed by atoms with Crippen LogP contribution in [0.3, 0.4) is 0 Å². The van der Waals surface area contributed by atoms with Gasteiger partial charge in [-0.3, -0.25) is 13.9 Å². The fourth-order valence-corrected chi connectivity index (χ4v) is 3.94. The van der Waals surface area contributed by atoms with Crippen molar-refractivity contribution in [1.82, 2.24) is 9.13 Å². The molecule has 2 aliphatic heterocycles. The lowest BCUT2D eigenvalue weighted by molar-refractivity contribution is -0.342. The summed E-state index contributed by atoms with van der Waals surface area (Å²) >= 11 is 0. The first-order chi connectivity index (χ1) is 15.5. The second-order valence-corrected chi connectivity index (χ2v) is 8.00. The minimum atomic E-state index is -1.92. The zero-order valence-electron chi connectivity index (χ0n) is 17.7. The molecule has 1 aromatic rings. The molecule has 15 nitrogen and oxygen atoms in total. The summed E-state index contributed by atoms with van der Waals surface area (Å²) < 4.78 is 17.6. The number of hydrogen-bond donors (Lipinski definition) is 8. The molecule has 0 bridgehead atoms. The van der Waals surface area contributed by atoms with Crippen LogP contribution in [-0.4, -0.2) is 118 Å². The number of aliphatic hydroxyl groups excluding tert-OH is 7. The summed E-state index contributed by atoms with van der Waals surface area (Å²) in [6.07, 6.45) is -16.8. The highest BCUT2D eigenvalue weighted by Gasteiger charge is 2.51. The first-order valence-electron chi connectivity index (χ1n) is 10.0. The van der Waals surface area contributed by atoms with E-state index in [4.69, 9.17) is 14.2 Å². The largest absolute Gasteiger partial charge is 0.494 e. The van der Waals surface area contributed by atoms with Crippen molar-refractivity contribution in [2.24, 2.45) is 14.1 Å². The van der Waals surface area contributed by atoms with Gasteiger partial charge in [-0.05, 0) is 0 Å². The molecule has 10 atom stereocenters. The van der Waals surface area contributed by atoms with Gasteiger partial charge in [-0.1, -0.05) is 0 Å². The Bertz CT molecular complexity index is 960. The van der Waals surface area contributed by atoms with Crippen LogP contribution in [0.4, 0.5) is 0 Å². The molecule has 8 N–H and O–H groups in total. The summed E-state index contributed by atoms with van der Waals surface area (Å²) in [5.41, 5.74) is -2.40. The van der Waals surface area contributed by atoms with Crippen molar-refractivity contribution in [3.8, 4) is 5.88 Å². The molecular weight excluding hydrogens is 452 g/mol. The second kappa shape index (κ2) is 9.75. The molecule has 1 unspecified atom stereocenters. The Morgan fingerprint density at radius 2 is 1.42 bits per heavy atom. The fraction of sp³-hybridized carbons (Fsp3) is 0.778. The monoisotopic (exact) mass is 480 g/mol. The Morgan fingerprint density at radius 3 is 2.00 bits per heavy atom. The summed E-state index contributed by atoms with van der Waals surface area (Å²) in [6.45, 7) is -1.56. The number of hydrogen-bond acceptors (Lipinski definition) is 13. The van der Waals surface area contributed by atoms with Gasteiger partial charge in [-0.25, -0.2) is 4.79 Å². The van der Waals surface area contributed by atoms with Crippen LogP contribution in [0.5, 0.6) is 5.88 Å². The zero-order valence-corrected chi connectivity index (χ0v) is 17.7. The third kappa shape index (κ3) is 4.32. The van der Waals surface area contributed by atoms with E-state index in [2.05, 4.69) is 0 Å². The van der Waals surface area contributed by atoms with E-state index in [-0.39, 0.29) is 0 Å². The van der Waals surface area contributed by atoms with Gasteiger partial charge in [0.1, 0.15) is 60.5 Å². The van der Waals surface area contributed by atoms with Gasteiger partial charge >= 0.3 is 5.69 Å². The number of nitrogens with zero attached hydrogens (tertiary/aromatic N) is 2. The molecule has 1 aromatic heterocycles. The lowest BCUT2D eigenvalue weighted by Crippen LogP contribution is -2.63. The molecular formula is C18H28N2O13. The third-order valence-corrected chi connectivity index (χ3v) is 5.96. The SMILES string of the molecule is Cn1c(O)c(C2O[C@H](CO)[C@@H](O[C@@H]3O[C@H](CO)[C@H](O)[C@H](O)[C@H]3O)[C@H](O)[C@H]2O)c(=O)n(C)c1=O. The van der Waals surface area contributed by atoms with E-state index < -0.39 is 97.1 Å². The topological polar surface area (TPSA) is 234 Å². The molecule has 0 saturated carbocycles. The van der Waals surface area contributed by atoms with Crippen LogP contribution < -0.4 is 11.2 Å². The molecule has 15 heteroatoms. The van der Waals surface area contributed by atoms with Crippen molar-refractivity contribution >= 4 is 0 Å². The number of aromatic nitrogens is 2. The summed E-state index contributed by atoms with van der Waals surface area (Å²) in [5, 5.41) is 80.7. The van der Waals surface area contributed by atoms with Gasteiger partial charge in [0.05, 0.1) is 13.2 Å². The van der Waals surface area contributed by atoms with E-state index in [1.807, 2.05) is 0 Å². The Kier molecular flexibility index (Phi) is 7.59. The smallest absolute Gasteiger partial charge is 0.333 e. The van der Waals surface area contributed by atoms with Crippen LogP contribution in [-0.2, 0) is 28.3 Å². The van der Waals surface area contributed by atoms with Crippen LogP contribution >= 0.6 is 0 Å². The maximum absolute atomic E-state index is 12.6. The predicted octanol–water partition coefficient (Wildman–Crippen LogP) is -5.87. The molecule has 33 heavy (non-hydrogen) atoms. The maximum Gasteiger partial charge on any atom is 0.333 e. The highest BCUT2D eigenvalue weighted by atomic mass is 16.7. The van der Waals surface area contributed by atoms with Gasteiger partial charge in [-0.2, -0.15) is 0 Å². The molecule has 2 fully saturated rings. The average Bonchev–Trinajstić information content (AvgIpc) is 2.80. The van der Waals surface area contributed by atoms with Crippen LogP contribution in [0, 0.1) is 0 Å². The molecule has 2 aliphatic rings. The molecule has 0 spiro atoms. The second-order valence-electron chi connectivity index (χ2n) is 8.00. The van der Waals surface area contributed by atoms with E-state index in [1.54, 1.807) is 0 Å². The van der Waals surface area contributed by atoms with E-state index in [9.17, 15) is 50.4 Å². The minimum Gasteiger partial charge on any atom is -0.494 e. The molecule has 0 amide bonds. The van der Waals surface area contributed by atoms with E-state index in [0.29, 0.717) is 4.57 Å². The van der Waals surface area contributed by atoms with Gasteiger partial charge < -0.3 is 55.1 Å². The quantitative estimate of drug-likeness (QED) is 0.196. The van der Waals surface area contributed by atoms with Crippen molar-refractivity contribution in [1.29, 1.82) is 0 Å². The van der Waals surface area contributed by atoms with Crippen molar-refractivity contribution in [3.63, 3.8) is 0 Å². The third-order valence-electron chi connectivity index (χ3n) is 5.96. The number of rotatable bonds is 5. The van der Waals surface area contributed by atoms with E-state index in [0.717, 1.165) is 11.6 Å². The van der Waals surface area contributed by atoms with Crippen molar-refractivity contribution in [2.45, 2.75) is 61.2 Å². The Balaban J connectivity index is 1.91. The lowest BCUT2D eigenvalue weighted by atomic mass is 9.91. The Labute approximate surface area is 185 Å². The van der Waals surface area contributed by atoms with E-state index >= 15 is 0 Å².